The zero-order chi connectivity index (χ0) is 5.98. The normalized spacial score (nSPS) is 14.0. The summed E-state index contributed by atoms with van der Waals surface area (Å²) < 4.78 is 0. The number of hydrogen-bond donors (Lipinski definition) is 1. The standard InChI is InChI=1S/C3H4N4O.2Na.2H/c4-6-7-3(8)1-2-5-7;;;;/h2,4H,1H2;;;;. The molecule has 1 aliphatic rings. The van der Waals surface area contributed by atoms with E-state index in [-0.39, 0.29) is 71.4 Å². The number of nitrogens with one attached hydrogen (secondary N) is 1. The molecule has 0 saturated heterocycles. The number of carbonyl (C=O) groups is 1. The molecule has 0 unspecified atom stereocenters. The van der Waals surface area contributed by atoms with Crippen molar-refractivity contribution in [2.75, 3.05) is 0 Å². The molecule has 1 heterocycles. The van der Waals surface area contributed by atoms with Gasteiger partial charge >= 0.3 is 59.1 Å². The van der Waals surface area contributed by atoms with Crippen LogP contribution in [-0.4, -0.2) is 76.4 Å². The predicted octanol–water partition coefficient (Wildman–Crippen LogP) is -1.15. The van der Waals surface area contributed by atoms with Gasteiger partial charge in [-0.1, -0.05) is 5.12 Å². The Morgan fingerprint density at radius 3 is 2.50 bits per heavy atom. The Hall–Kier alpha value is 0.740. The van der Waals surface area contributed by atoms with Crippen LogP contribution in [0, 0.1) is 5.53 Å². The predicted molar refractivity (Wildman–Crippen MR) is 39.4 cm³/mol. The molecule has 46 valence electrons. The molecule has 0 aliphatic carbocycles. The van der Waals surface area contributed by atoms with Crippen molar-refractivity contribution in [3.63, 3.8) is 0 Å². The van der Waals surface area contributed by atoms with Gasteiger partial charge in [-0.3, -0.25) is 4.79 Å². The molecule has 1 amide bonds. The third kappa shape index (κ3) is 3.23. The van der Waals surface area contributed by atoms with Crippen molar-refractivity contribution < 1.29 is 4.79 Å². The fourth-order valence-electron chi connectivity index (χ4n) is 0.424. The van der Waals surface area contributed by atoms with Crippen LogP contribution in [0.15, 0.2) is 10.3 Å². The van der Waals surface area contributed by atoms with Crippen LogP contribution in [0.1, 0.15) is 6.42 Å². The second-order valence-corrected chi connectivity index (χ2v) is 1.29. The first-order chi connectivity index (χ1) is 3.84. The Bertz CT molecular complexity index is 159. The summed E-state index contributed by atoms with van der Waals surface area (Å²) in [6.07, 6.45) is 1.68. The molecule has 5 nitrogen and oxygen atoms in total. The molecule has 1 N–H and O–H groups in total. The summed E-state index contributed by atoms with van der Waals surface area (Å²) >= 11 is 0. The van der Waals surface area contributed by atoms with Gasteiger partial charge in [-0.15, -0.1) is 0 Å². The maximum absolute atomic E-state index is 10.4. The molecule has 0 aromatic rings. The maximum atomic E-state index is 10.4. The van der Waals surface area contributed by atoms with E-state index in [0.717, 1.165) is 5.12 Å². The first kappa shape index (κ1) is 13.3. The second kappa shape index (κ2) is 6.45. The average molecular weight is 160 g/mol. The van der Waals surface area contributed by atoms with Crippen LogP contribution in [0.3, 0.4) is 0 Å². The third-order valence-corrected chi connectivity index (χ3v) is 0.775. The molecule has 1 aliphatic heterocycles. The van der Waals surface area contributed by atoms with E-state index >= 15 is 0 Å². The summed E-state index contributed by atoms with van der Waals surface area (Å²) in [6, 6.07) is 0. The summed E-state index contributed by atoms with van der Waals surface area (Å²) in [5.74, 6) is -0.250. The van der Waals surface area contributed by atoms with Gasteiger partial charge in [-0.05, 0) is 5.22 Å². The summed E-state index contributed by atoms with van der Waals surface area (Å²) in [5, 5.41) is 6.99. The van der Waals surface area contributed by atoms with Gasteiger partial charge in [-0.25, -0.2) is 0 Å². The number of amides is 1. The summed E-state index contributed by atoms with van der Waals surface area (Å²) in [6.45, 7) is 0. The van der Waals surface area contributed by atoms with Crippen molar-refractivity contribution in [3.05, 3.63) is 0 Å². The molecule has 0 bridgehead atoms. The molecule has 0 saturated carbocycles. The van der Waals surface area contributed by atoms with Gasteiger partial charge in [0.25, 0.3) is 5.91 Å². The van der Waals surface area contributed by atoms with Crippen LogP contribution in [0.2, 0.25) is 0 Å². The Morgan fingerprint density at radius 2 is 2.30 bits per heavy atom. The van der Waals surface area contributed by atoms with Crippen LogP contribution in [0.4, 0.5) is 0 Å². The first-order valence-corrected chi connectivity index (χ1v) is 2.07. The molecule has 0 aromatic carbocycles. The van der Waals surface area contributed by atoms with E-state index in [2.05, 4.69) is 10.3 Å². The van der Waals surface area contributed by atoms with Crippen molar-refractivity contribution in [2.45, 2.75) is 6.42 Å². The molecule has 1 rings (SSSR count). The third-order valence-electron chi connectivity index (χ3n) is 0.775. The van der Waals surface area contributed by atoms with Gasteiger partial charge in [-0.2, -0.15) is 10.6 Å². The summed E-state index contributed by atoms with van der Waals surface area (Å²) in [4.78, 5) is 10.4. The number of hydrazone groups is 1. The number of hydrogen-bond acceptors (Lipinski definition) is 4. The van der Waals surface area contributed by atoms with E-state index in [4.69, 9.17) is 5.53 Å². The van der Waals surface area contributed by atoms with Gasteiger partial charge in [0.05, 0.1) is 6.42 Å². The Kier molecular flexibility index (Phi) is 8.60. The van der Waals surface area contributed by atoms with E-state index < -0.39 is 0 Å². The molecular weight excluding hydrogens is 154 g/mol. The van der Waals surface area contributed by atoms with Gasteiger partial charge in [0.1, 0.15) is 0 Å². The van der Waals surface area contributed by atoms with E-state index in [1.54, 1.807) is 0 Å². The minimum absolute atomic E-state index is 0. The van der Waals surface area contributed by atoms with Crippen molar-refractivity contribution in [1.82, 2.24) is 5.12 Å². The molecule has 7 heteroatoms. The Morgan fingerprint density at radius 1 is 1.70 bits per heavy atom. The van der Waals surface area contributed by atoms with Gasteiger partial charge in [0, 0.05) is 6.21 Å². The van der Waals surface area contributed by atoms with Crippen molar-refractivity contribution in [3.8, 4) is 0 Å². The average Bonchev–Trinajstić information content (AvgIpc) is 2.14. The Labute approximate surface area is 102 Å². The molecule has 0 spiro atoms. The first-order valence-electron chi connectivity index (χ1n) is 2.07. The molecule has 0 radical (unpaired) electrons. The monoisotopic (exact) mass is 160 g/mol. The van der Waals surface area contributed by atoms with Crippen LogP contribution in [-0.2, 0) is 4.79 Å². The van der Waals surface area contributed by atoms with E-state index in [0.29, 0.717) is 0 Å². The zero-order valence-corrected chi connectivity index (χ0v) is 4.03. The fourth-order valence-corrected chi connectivity index (χ4v) is 0.424. The van der Waals surface area contributed by atoms with E-state index in [9.17, 15) is 4.79 Å². The van der Waals surface area contributed by atoms with E-state index in [1.807, 2.05) is 0 Å². The van der Waals surface area contributed by atoms with Crippen molar-refractivity contribution in [2.24, 2.45) is 10.3 Å². The van der Waals surface area contributed by atoms with Crippen LogP contribution < -0.4 is 0 Å². The number of carbonyl (C=O) groups excluding carboxylic acids is 1. The van der Waals surface area contributed by atoms with Gasteiger partial charge < -0.3 is 0 Å². The molecule has 0 aromatic heterocycles. The summed E-state index contributed by atoms with van der Waals surface area (Å²) in [7, 11) is 0. The fraction of sp³-hybridized carbons (Fsp3) is 0.333. The van der Waals surface area contributed by atoms with Crippen molar-refractivity contribution >= 4 is 71.2 Å². The minimum atomic E-state index is -0.250. The second-order valence-electron chi connectivity index (χ2n) is 1.29. The Balaban J connectivity index is 0. The molecule has 10 heavy (non-hydrogen) atoms. The van der Waals surface area contributed by atoms with Gasteiger partial charge in [0.15, 0.2) is 0 Å². The van der Waals surface area contributed by atoms with Crippen LogP contribution >= 0.6 is 0 Å². The van der Waals surface area contributed by atoms with Crippen LogP contribution in [0.25, 0.3) is 0 Å². The molecule has 0 atom stereocenters. The summed E-state index contributed by atoms with van der Waals surface area (Å²) in [5.41, 5.74) is 6.35. The quantitative estimate of drug-likeness (QED) is 0.382. The van der Waals surface area contributed by atoms with Crippen LogP contribution in [0.5, 0.6) is 0 Å². The molecule has 0 fully saturated rings. The molecular formula is C3H6N4Na2O. The SMILES string of the molecule is N=NN1N=CCC1=O.[NaH].[NaH]. The number of rotatable bonds is 1. The number of nitrogens with zero attached hydrogens (tertiary/aromatic N) is 3. The van der Waals surface area contributed by atoms with Crippen molar-refractivity contribution in [1.29, 1.82) is 5.53 Å². The topological polar surface area (TPSA) is 68.9 Å². The van der Waals surface area contributed by atoms with E-state index in [1.165, 1.54) is 6.21 Å². The zero-order valence-electron chi connectivity index (χ0n) is 4.03. The van der Waals surface area contributed by atoms with Gasteiger partial charge in [0.2, 0.25) is 0 Å².